The molecule has 2 unspecified atom stereocenters. The number of methoxy groups -OCH3 is 1. The standard InChI is InChI=1S/C17H16F3IO2/c1-23-14-9-7-13(8-10-14)16(22,17(18,19)20)15(21)11-12-5-3-2-4-6-12/h2-10,15,22H,11H2,1H3. The zero-order valence-electron chi connectivity index (χ0n) is 12.3. The first kappa shape index (κ1) is 18.1. The molecule has 23 heavy (non-hydrogen) atoms. The van der Waals surface area contributed by atoms with Crippen LogP contribution in [0.2, 0.25) is 0 Å². The van der Waals surface area contributed by atoms with Crippen molar-refractivity contribution in [3.63, 3.8) is 0 Å². The molecule has 0 bridgehead atoms. The molecule has 124 valence electrons. The molecule has 0 aliphatic rings. The minimum atomic E-state index is -4.79. The highest BCUT2D eigenvalue weighted by Gasteiger charge is 2.58. The van der Waals surface area contributed by atoms with Gasteiger partial charge in [-0.15, -0.1) is 0 Å². The first-order valence-corrected chi connectivity index (χ1v) is 8.15. The Bertz CT molecular complexity index is 629. The highest BCUT2D eigenvalue weighted by atomic mass is 127. The molecule has 0 aliphatic carbocycles. The van der Waals surface area contributed by atoms with Crippen LogP contribution in [0.5, 0.6) is 5.75 Å². The molecule has 2 aromatic carbocycles. The van der Waals surface area contributed by atoms with E-state index in [9.17, 15) is 18.3 Å². The fraction of sp³-hybridized carbons (Fsp3) is 0.294. The Hall–Kier alpha value is -1.28. The normalized spacial score (nSPS) is 15.7. The summed E-state index contributed by atoms with van der Waals surface area (Å²) in [6, 6.07) is 14.2. The van der Waals surface area contributed by atoms with Crippen LogP contribution in [0.1, 0.15) is 11.1 Å². The van der Waals surface area contributed by atoms with Crippen LogP contribution in [0, 0.1) is 0 Å². The lowest BCUT2D eigenvalue weighted by molar-refractivity contribution is -0.264. The molecule has 0 spiro atoms. The third kappa shape index (κ3) is 3.80. The summed E-state index contributed by atoms with van der Waals surface area (Å²) in [5.74, 6) is 0.436. The maximum atomic E-state index is 13.6. The largest absolute Gasteiger partial charge is 0.497 e. The summed E-state index contributed by atoms with van der Waals surface area (Å²) in [6.07, 6.45) is -4.69. The fourth-order valence-electron chi connectivity index (χ4n) is 2.34. The van der Waals surface area contributed by atoms with Gasteiger partial charge in [0.15, 0.2) is 5.60 Å². The van der Waals surface area contributed by atoms with Gasteiger partial charge in [-0.3, -0.25) is 0 Å². The van der Waals surface area contributed by atoms with Gasteiger partial charge in [0.25, 0.3) is 0 Å². The number of halogens is 4. The van der Waals surface area contributed by atoms with Crippen LogP contribution in [-0.4, -0.2) is 22.3 Å². The summed E-state index contributed by atoms with van der Waals surface area (Å²) in [5.41, 5.74) is -2.39. The number of benzene rings is 2. The van der Waals surface area contributed by atoms with Crippen molar-refractivity contribution in [1.82, 2.24) is 0 Å². The van der Waals surface area contributed by atoms with Crippen molar-refractivity contribution >= 4 is 22.6 Å². The van der Waals surface area contributed by atoms with Gasteiger partial charge in [0, 0.05) is 0 Å². The van der Waals surface area contributed by atoms with Gasteiger partial charge in [-0.1, -0.05) is 65.1 Å². The van der Waals surface area contributed by atoms with Gasteiger partial charge in [-0.25, -0.2) is 0 Å². The van der Waals surface area contributed by atoms with Crippen molar-refractivity contribution in [2.75, 3.05) is 7.11 Å². The van der Waals surface area contributed by atoms with Gasteiger partial charge in [-0.05, 0) is 29.7 Å². The van der Waals surface area contributed by atoms with E-state index < -0.39 is 15.7 Å². The SMILES string of the molecule is COc1ccc(C(O)(C(I)Cc2ccccc2)C(F)(F)F)cc1. The molecule has 1 N–H and O–H groups in total. The van der Waals surface area contributed by atoms with Crippen LogP contribution < -0.4 is 4.74 Å². The summed E-state index contributed by atoms with van der Waals surface area (Å²) < 4.78 is 44.8. The zero-order chi connectivity index (χ0) is 17.1. The highest BCUT2D eigenvalue weighted by molar-refractivity contribution is 14.1. The van der Waals surface area contributed by atoms with Crippen LogP contribution in [0.3, 0.4) is 0 Å². The van der Waals surface area contributed by atoms with Crippen LogP contribution in [0.4, 0.5) is 13.2 Å². The Kier molecular flexibility index (Phi) is 5.57. The Balaban J connectivity index is 2.38. The van der Waals surface area contributed by atoms with Crippen LogP contribution in [0.15, 0.2) is 54.6 Å². The molecule has 0 saturated carbocycles. The first-order valence-electron chi connectivity index (χ1n) is 6.90. The Labute approximate surface area is 146 Å². The number of hydrogen-bond acceptors (Lipinski definition) is 2. The van der Waals surface area contributed by atoms with Crippen molar-refractivity contribution in [3.05, 3.63) is 65.7 Å². The van der Waals surface area contributed by atoms with E-state index in [-0.39, 0.29) is 12.0 Å². The van der Waals surface area contributed by atoms with Crippen molar-refractivity contribution in [2.24, 2.45) is 0 Å². The fourth-order valence-corrected chi connectivity index (χ4v) is 3.56. The third-order valence-electron chi connectivity index (χ3n) is 3.67. The monoisotopic (exact) mass is 436 g/mol. The zero-order valence-corrected chi connectivity index (χ0v) is 14.5. The van der Waals surface area contributed by atoms with E-state index in [4.69, 9.17) is 4.74 Å². The molecule has 0 aliphatic heterocycles. The summed E-state index contributed by atoms with van der Waals surface area (Å²) >= 11 is 1.67. The highest BCUT2D eigenvalue weighted by Crippen LogP contribution is 2.45. The van der Waals surface area contributed by atoms with Gasteiger partial charge >= 0.3 is 6.18 Å². The van der Waals surface area contributed by atoms with Crippen molar-refractivity contribution in [3.8, 4) is 5.75 Å². The number of aliphatic hydroxyl groups is 1. The van der Waals surface area contributed by atoms with Gasteiger partial charge in [-0.2, -0.15) is 13.2 Å². The molecule has 2 atom stereocenters. The number of alkyl halides is 4. The lowest BCUT2D eigenvalue weighted by Crippen LogP contribution is -2.50. The molecule has 0 heterocycles. The topological polar surface area (TPSA) is 29.5 Å². The van der Waals surface area contributed by atoms with Crippen molar-refractivity contribution in [2.45, 2.75) is 22.1 Å². The minimum Gasteiger partial charge on any atom is -0.497 e. The number of rotatable bonds is 5. The molecule has 0 aromatic heterocycles. The summed E-state index contributed by atoms with van der Waals surface area (Å²) in [6.45, 7) is 0. The van der Waals surface area contributed by atoms with E-state index in [0.29, 0.717) is 5.75 Å². The molecule has 0 amide bonds. The second kappa shape index (κ2) is 7.09. The third-order valence-corrected chi connectivity index (χ3v) is 5.02. The molecule has 2 aromatic rings. The quantitative estimate of drug-likeness (QED) is 0.553. The smallest absolute Gasteiger partial charge is 0.422 e. The molecule has 2 nitrogen and oxygen atoms in total. The Morgan fingerprint density at radius 3 is 2.09 bits per heavy atom. The second-order valence-corrected chi connectivity index (χ2v) is 6.65. The lowest BCUT2D eigenvalue weighted by Gasteiger charge is -2.35. The van der Waals surface area contributed by atoms with E-state index in [1.807, 2.05) is 0 Å². The average Bonchev–Trinajstić information content (AvgIpc) is 2.54. The van der Waals surface area contributed by atoms with Crippen LogP contribution in [-0.2, 0) is 12.0 Å². The van der Waals surface area contributed by atoms with Crippen molar-refractivity contribution in [1.29, 1.82) is 0 Å². The number of ether oxygens (including phenoxy) is 1. The van der Waals surface area contributed by atoms with E-state index >= 15 is 0 Å². The van der Waals surface area contributed by atoms with Gasteiger partial charge < -0.3 is 9.84 Å². The Morgan fingerprint density at radius 1 is 1.04 bits per heavy atom. The second-order valence-electron chi connectivity index (χ2n) is 5.15. The van der Waals surface area contributed by atoms with Crippen LogP contribution in [0.25, 0.3) is 0 Å². The van der Waals surface area contributed by atoms with E-state index in [2.05, 4.69) is 0 Å². The van der Waals surface area contributed by atoms with E-state index in [1.165, 1.54) is 31.4 Å². The Morgan fingerprint density at radius 2 is 1.61 bits per heavy atom. The lowest BCUT2D eigenvalue weighted by atomic mass is 9.87. The van der Waals surface area contributed by atoms with Gasteiger partial charge in [0.05, 0.1) is 11.0 Å². The van der Waals surface area contributed by atoms with E-state index in [1.54, 1.807) is 52.9 Å². The average molecular weight is 436 g/mol. The molecule has 0 fully saturated rings. The van der Waals surface area contributed by atoms with Crippen molar-refractivity contribution < 1.29 is 23.0 Å². The predicted octanol–water partition coefficient (Wildman–Crippen LogP) is 4.49. The summed E-state index contributed by atoms with van der Waals surface area (Å²) in [4.78, 5) is 0. The molecule has 2 rings (SSSR count). The van der Waals surface area contributed by atoms with Gasteiger partial charge in [0.1, 0.15) is 5.75 Å². The molecule has 0 saturated heterocycles. The van der Waals surface area contributed by atoms with Crippen LogP contribution >= 0.6 is 22.6 Å². The van der Waals surface area contributed by atoms with Gasteiger partial charge in [0.2, 0.25) is 0 Å². The predicted molar refractivity (Wildman–Crippen MR) is 90.9 cm³/mol. The first-order chi connectivity index (χ1) is 10.8. The maximum absolute atomic E-state index is 13.6. The summed E-state index contributed by atoms with van der Waals surface area (Å²) in [5, 5.41) is 10.5. The molecule has 6 heteroatoms. The minimum absolute atomic E-state index is 0.101. The maximum Gasteiger partial charge on any atom is 0.422 e. The van der Waals surface area contributed by atoms with E-state index in [0.717, 1.165) is 5.56 Å². The summed E-state index contributed by atoms with van der Waals surface area (Å²) in [7, 11) is 1.43. The number of hydrogen-bond donors (Lipinski definition) is 1. The molecular weight excluding hydrogens is 420 g/mol. The molecular formula is C17H16F3IO2. The molecule has 0 radical (unpaired) electrons.